The molecule has 32 heavy (non-hydrogen) atoms. The van der Waals surface area contributed by atoms with Gasteiger partial charge < -0.3 is 4.57 Å². The Morgan fingerprint density at radius 1 is 1.25 bits per heavy atom. The largest absolute Gasteiger partial charge is 0.335 e. The van der Waals surface area contributed by atoms with Crippen LogP contribution in [0, 0.1) is 12.8 Å². The molecule has 0 saturated heterocycles. The highest BCUT2D eigenvalue weighted by Gasteiger charge is 2.28. The number of hydrogen-bond donors (Lipinski definition) is 0. The SMILES string of the molecule is C=Cc1c(SC)cc2n1C(=O)CSC1=C(C(C)C)/C(=C\C=C2)c2cc3sc(C)cc3n2C1. The average molecular weight is 479 g/mol. The van der Waals surface area contributed by atoms with Gasteiger partial charge in [-0.2, -0.15) is 0 Å². The van der Waals surface area contributed by atoms with Gasteiger partial charge in [-0.15, -0.1) is 34.9 Å². The summed E-state index contributed by atoms with van der Waals surface area (Å²) in [6.45, 7) is 11.5. The quantitative estimate of drug-likeness (QED) is 0.363. The van der Waals surface area contributed by atoms with E-state index in [2.05, 4.69) is 68.3 Å². The topological polar surface area (TPSA) is 26.9 Å². The third-order valence-corrected chi connectivity index (χ3v) is 8.89. The van der Waals surface area contributed by atoms with Crippen LogP contribution >= 0.6 is 34.9 Å². The second-order valence-corrected chi connectivity index (χ2v) is 11.6. The molecule has 6 heteroatoms. The van der Waals surface area contributed by atoms with Crippen molar-refractivity contribution in [3.63, 3.8) is 0 Å². The lowest BCUT2D eigenvalue weighted by Gasteiger charge is -2.28. The Morgan fingerprint density at radius 2 is 2.06 bits per heavy atom. The van der Waals surface area contributed by atoms with Crippen molar-refractivity contribution in [2.75, 3.05) is 12.0 Å². The zero-order valence-corrected chi connectivity index (χ0v) is 21.2. The van der Waals surface area contributed by atoms with Crippen molar-refractivity contribution in [3.05, 3.63) is 69.4 Å². The van der Waals surface area contributed by atoms with Crippen LogP contribution in [-0.4, -0.2) is 27.1 Å². The van der Waals surface area contributed by atoms with E-state index in [-0.39, 0.29) is 5.91 Å². The Kier molecular flexibility index (Phi) is 5.64. The van der Waals surface area contributed by atoms with Crippen molar-refractivity contribution in [3.8, 4) is 0 Å². The molecule has 2 bridgehead atoms. The average Bonchev–Trinajstić information content (AvgIpc) is 3.40. The molecular formula is C26H26N2OS3. The van der Waals surface area contributed by atoms with Crippen LogP contribution in [0.4, 0.5) is 0 Å². The second kappa shape index (κ2) is 8.32. The number of rotatable bonds is 3. The summed E-state index contributed by atoms with van der Waals surface area (Å²) >= 11 is 5.19. The highest BCUT2D eigenvalue weighted by atomic mass is 32.2. The predicted molar refractivity (Wildman–Crippen MR) is 143 cm³/mol. The first kappa shape index (κ1) is 21.7. The molecule has 164 valence electrons. The number of carbonyl (C=O) groups is 1. The number of aryl methyl sites for hydroxylation is 1. The Balaban J connectivity index is 1.72. The molecule has 3 aromatic heterocycles. The summed E-state index contributed by atoms with van der Waals surface area (Å²) in [4.78, 5) is 17.1. The molecule has 5 rings (SSSR count). The van der Waals surface area contributed by atoms with Gasteiger partial charge in [-0.1, -0.05) is 32.6 Å². The number of fused-ring (bicyclic) bond motifs is 6. The molecule has 5 heterocycles. The van der Waals surface area contributed by atoms with Gasteiger partial charge in [0, 0.05) is 20.3 Å². The minimum absolute atomic E-state index is 0.0960. The minimum Gasteiger partial charge on any atom is -0.335 e. The van der Waals surface area contributed by atoms with Gasteiger partial charge in [-0.3, -0.25) is 9.36 Å². The summed E-state index contributed by atoms with van der Waals surface area (Å²) in [5.41, 5.74) is 7.00. The molecular weight excluding hydrogens is 453 g/mol. The van der Waals surface area contributed by atoms with E-state index in [0.717, 1.165) is 22.8 Å². The van der Waals surface area contributed by atoms with E-state index in [0.29, 0.717) is 11.7 Å². The summed E-state index contributed by atoms with van der Waals surface area (Å²) in [6.07, 6.45) is 10.2. The molecule has 0 radical (unpaired) electrons. The van der Waals surface area contributed by atoms with Crippen molar-refractivity contribution < 1.29 is 4.79 Å². The van der Waals surface area contributed by atoms with Crippen molar-refractivity contribution in [2.24, 2.45) is 5.92 Å². The molecule has 3 nitrogen and oxygen atoms in total. The lowest BCUT2D eigenvalue weighted by atomic mass is 9.90. The fraction of sp³-hybridized carbons (Fsp3) is 0.269. The summed E-state index contributed by atoms with van der Waals surface area (Å²) in [5.74, 6) is 0.881. The van der Waals surface area contributed by atoms with E-state index in [9.17, 15) is 4.79 Å². The first-order chi connectivity index (χ1) is 15.4. The Hall–Kier alpha value is -2.15. The molecule has 2 aliphatic rings. The van der Waals surface area contributed by atoms with Crippen LogP contribution in [0.15, 0.2) is 52.3 Å². The van der Waals surface area contributed by atoms with E-state index >= 15 is 0 Å². The zero-order valence-electron chi connectivity index (χ0n) is 18.8. The van der Waals surface area contributed by atoms with Crippen LogP contribution in [0.5, 0.6) is 0 Å². The van der Waals surface area contributed by atoms with E-state index in [1.54, 1.807) is 29.6 Å². The van der Waals surface area contributed by atoms with Gasteiger partial charge in [-0.05, 0) is 55.0 Å². The second-order valence-electron chi connectivity index (χ2n) is 8.40. The number of thiophene rings is 1. The maximum absolute atomic E-state index is 13.4. The van der Waals surface area contributed by atoms with Crippen LogP contribution in [0.2, 0.25) is 0 Å². The van der Waals surface area contributed by atoms with Gasteiger partial charge in [0.05, 0.1) is 39.6 Å². The smallest absolute Gasteiger partial charge is 0.241 e. The zero-order chi connectivity index (χ0) is 22.6. The van der Waals surface area contributed by atoms with Crippen LogP contribution < -0.4 is 0 Å². The molecule has 0 spiro atoms. The Bertz CT molecular complexity index is 1360. The number of hydrogen-bond acceptors (Lipinski definition) is 4. The number of nitrogens with zero attached hydrogens (tertiary/aromatic N) is 2. The lowest BCUT2D eigenvalue weighted by Crippen LogP contribution is -2.19. The molecule has 0 amide bonds. The van der Waals surface area contributed by atoms with Gasteiger partial charge in [0.25, 0.3) is 0 Å². The molecule has 0 unspecified atom stereocenters. The van der Waals surface area contributed by atoms with E-state index in [1.807, 2.05) is 22.2 Å². The molecule has 2 aliphatic heterocycles. The maximum atomic E-state index is 13.4. The van der Waals surface area contributed by atoms with Crippen molar-refractivity contribution in [2.45, 2.75) is 32.2 Å². The third kappa shape index (κ3) is 3.40. The summed E-state index contributed by atoms with van der Waals surface area (Å²) in [6, 6.07) is 6.71. The summed E-state index contributed by atoms with van der Waals surface area (Å²) in [5, 5.41) is 0. The van der Waals surface area contributed by atoms with Gasteiger partial charge in [0.15, 0.2) is 0 Å². The Morgan fingerprint density at radius 3 is 2.78 bits per heavy atom. The predicted octanol–water partition coefficient (Wildman–Crippen LogP) is 7.59. The summed E-state index contributed by atoms with van der Waals surface area (Å²) < 4.78 is 5.59. The molecule has 0 fully saturated rings. The van der Waals surface area contributed by atoms with E-state index in [4.69, 9.17) is 0 Å². The van der Waals surface area contributed by atoms with Crippen molar-refractivity contribution in [1.29, 1.82) is 0 Å². The minimum atomic E-state index is 0.0960. The van der Waals surface area contributed by atoms with Gasteiger partial charge in [-0.25, -0.2) is 0 Å². The highest BCUT2D eigenvalue weighted by molar-refractivity contribution is 8.03. The molecule has 0 atom stereocenters. The number of allylic oxidation sites excluding steroid dienone is 5. The van der Waals surface area contributed by atoms with Crippen LogP contribution in [0.3, 0.4) is 0 Å². The first-order valence-electron chi connectivity index (χ1n) is 10.7. The van der Waals surface area contributed by atoms with E-state index in [1.165, 1.54) is 36.8 Å². The monoisotopic (exact) mass is 478 g/mol. The molecule has 0 aromatic carbocycles. The van der Waals surface area contributed by atoms with Crippen LogP contribution in [0.25, 0.3) is 27.9 Å². The van der Waals surface area contributed by atoms with Gasteiger partial charge in [0.2, 0.25) is 5.91 Å². The summed E-state index contributed by atoms with van der Waals surface area (Å²) in [7, 11) is 0. The Labute approximate surface area is 201 Å². The van der Waals surface area contributed by atoms with Crippen molar-refractivity contribution >= 4 is 68.7 Å². The maximum Gasteiger partial charge on any atom is 0.241 e. The van der Waals surface area contributed by atoms with Gasteiger partial charge >= 0.3 is 0 Å². The standard InChI is InChI=1S/C26H26N2OS3/c1-6-19-22(30-5)11-17-8-7-9-18-20-12-23-21(10-16(4)32-23)27(20)13-24(26(18)15(2)3)31-14-25(29)28(17)19/h6-12,15H,1,13-14H2,2-5H3/b8-7?,18-9-. The van der Waals surface area contributed by atoms with Crippen LogP contribution in [0.1, 0.15) is 40.6 Å². The molecule has 0 N–H and O–H groups in total. The first-order valence-corrected chi connectivity index (χ1v) is 13.8. The molecule has 3 aromatic rings. The lowest BCUT2D eigenvalue weighted by molar-refractivity contribution is 0.0940. The van der Waals surface area contributed by atoms with E-state index < -0.39 is 0 Å². The molecule has 0 aliphatic carbocycles. The highest BCUT2D eigenvalue weighted by Crippen LogP contribution is 2.44. The fourth-order valence-corrected chi connectivity index (χ4v) is 7.47. The third-order valence-electron chi connectivity index (χ3n) is 6.05. The number of aromatic nitrogens is 2. The van der Waals surface area contributed by atoms with Gasteiger partial charge in [0.1, 0.15) is 0 Å². The van der Waals surface area contributed by atoms with Crippen molar-refractivity contribution in [1.82, 2.24) is 9.13 Å². The number of carbonyl (C=O) groups excluding carboxylic acids is 1. The number of thioether (sulfide) groups is 2. The fourth-order valence-electron chi connectivity index (χ4n) is 4.74. The molecule has 0 saturated carbocycles. The normalized spacial score (nSPS) is 17.9. The van der Waals surface area contributed by atoms with Crippen LogP contribution in [-0.2, 0) is 6.54 Å².